The minimum atomic E-state index is -0.797. The highest BCUT2D eigenvalue weighted by Crippen LogP contribution is 2.37. The molecule has 0 unspecified atom stereocenters. The summed E-state index contributed by atoms with van der Waals surface area (Å²) in [7, 11) is 0. The summed E-state index contributed by atoms with van der Waals surface area (Å²) in [6.45, 7) is 7.70. The maximum atomic E-state index is 15.9. The van der Waals surface area contributed by atoms with Crippen LogP contribution in [0.5, 0.6) is 11.8 Å². The zero-order valence-electron chi connectivity index (χ0n) is 28.6. The van der Waals surface area contributed by atoms with E-state index < -0.39 is 17.2 Å². The summed E-state index contributed by atoms with van der Waals surface area (Å²) in [5, 5.41) is 0. The molecule has 2 amide bonds. The lowest BCUT2D eigenvalue weighted by Crippen LogP contribution is -2.57. The molecule has 4 aromatic rings. The molecule has 0 aliphatic carbocycles. The Balaban J connectivity index is 1.15. The molecule has 2 saturated heterocycles. The van der Waals surface area contributed by atoms with Crippen molar-refractivity contribution in [2.45, 2.75) is 58.5 Å². The maximum absolute atomic E-state index is 15.9. The van der Waals surface area contributed by atoms with Gasteiger partial charge in [-0.2, -0.15) is 4.98 Å². The summed E-state index contributed by atoms with van der Waals surface area (Å²) in [4.78, 5) is 35.5. The van der Waals surface area contributed by atoms with Crippen LogP contribution in [0.15, 0.2) is 84.9 Å². The number of hydrogen-bond donors (Lipinski definition) is 0. The van der Waals surface area contributed by atoms with Crippen molar-refractivity contribution in [3.05, 3.63) is 108 Å². The van der Waals surface area contributed by atoms with E-state index in [1.807, 2.05) is 86.3 Å². The molecule has 0 N–H and O–H groups in total. The number of rotatable bonds is 9. The number of aromatic nitrogens is 1. The monoisotopic (exact) mass is 684 g/mol. The Morgan fingerprint density at radius 2 is 1.42 bits per heavy atom. The van der Waals surface area contributed by atoms with Gasteiger partial charge in [-0.15, -0.1) is 0 Å². The number of halogens is 2. The summed E-state index contributed by atoms with van der Waals surface area (Å²) in [6.07, 6.45) is 0.932. The second-order valence-electron chi connectivity index (χ2n) is 13.5. The van der Waals surface area contributed by atoms with Gasteiger partial charge in [0.15, 0.2) is 0 Å². The van der Waals surface area contributed by atoms with Crippen molar-refractivity contribution in [3.8, 4) is 22.9 Å². The van der Waals surface area contributed by atoms with Crippen molar-refractivity contribution in [2.24, 2.45) is 0 Å². The number of piperidine rings is 1. The van der Waals surface area contributed by atoms with Gasteiger partial charge in [-0.1, -0.05) is 60.7 Å². The number of nitrogens with zero attached hydrogens (tertiary/aromatic N) is 4. The van der Waals surface area contributed by atoms with Gasteiger partial charge < -0.3 is 28.9 Å². The molecule has 2 aliphatic rings. The summed E-state index contributed by atoms with van der Waals surface area (Å²) < 4.78 is 49.2. The summed E-state index contributed by atoms with van der Waals surface area (Å²) in [5.41, 5.74) is 1.38. The molecule has 3 aromatic carbocycles. The highest BCUT2D eigenvalue weighted by Gasteiger charge is 2.34. The van der Waals surface area contributed by atoms with Crippen molar-refractivity contribution >= 4 is 17.7 Å². The number of carbonyl (C=O) groups excluding carboxylic acids is 2. The first-order valence-corrected chi connectivity index (χ1v) is 16.9. The molecule has 6 rings (SSSR count). The second kappa shape index (κ2) is 15.1. The van der Waals surface area contributed by atoms with Crippen molar-refractivity contribution in [2.75, 3.05) is 37.6 Å². The fourth-order valence-electron chi connectivity index (χ4n) is 6.24. The number of anilines is 1. The predicted molar refractivity (Wildman–Crippen MR) is 186 cm³/mol. The van der Waals surface area contributed by atoms with Crippen LogP contribution in [0.3, 0.4) is 0 Å². The van der Waals surface area contributed by atoms with Gasteiger partial charge in [-0.3, -0.25) is 4.79 Å². The molecule has 11 heteroatoms. The Labute approximate surface area is 291 Å². The third-order valence-electron chi connectivity index (χ3n) is 8.76. The third-order valence-corrected chi connectivity index (χ3v) is 8.76. The van der Waals surface area contributed by atoms with E-state index in [0.29, 0.717) is 39.0 Å². The Bertz CT molecular complexity index is 1770. The summed E-state index contributed by atoms with van der Waals surface area (Å²) in [5.74, 6) is -1.43. The molecule has 50 heavy (non-hydrogen) atoms. The minimum Gasteiger partial charge on any atom is -0.473 e. The number of piperazine rings is 1. The SMILES string of the molecule is CC(C)(C)OC(=O)N1CCC(N2CCN(c3cc(F)c(-c4ccc(OCc5ccccc5)nc4OCc4ccccc4)c(F)c3)CC2=O)CC1. The Kier molecular flexibility index (Phi) is 10.5. The molecule has 0 atom stereocenters. The fraction of sp³-hybridized carbons (Fsp3) is 0.359. The van der Waals surface area contributed by atoms with E-state index in [2.05, 4.69) is 4.98 Å². The van der Waals surface area contributed by atoms with Gasteiger partial charge in [-0.05, 0) is 62.9 Å². The lowest BCUT2D eigenvalue weighted by atomic mass is 10.0. The second-order valence-corrected chi connectivity index (χ2v) is 13.5. The Morgan fingerprint density at radius 1 is 0.820 bits per heavy atom. The van der Waals surface area contributed by atoms with Crippen LogP contribution in [-0.4, -0.2) is 71.2 Å². The van der Waals surface area contributed by atoms with Gasteiger partial charge in [0, 0.05) is 44.0 Å². The molecular formula is C39H42F2N4O5. The van der Waals surface area contributed by atoms with Gasteiger partial charge in [0.05, 0.1) is 17.7 Å². The summed E-state index contributed by atoms with van der Waals surface area (Å²) in [6, 6.07) is 24.6. The normalized spacial score (nSPS) is 15.6. The van der Waals surface area contributed by atoms with E-state index in [9.17, 15) is 9.59 Å². The Hall–Kier alpha value is -5.19. The first-order valence-electron chi connectivity index (χ1n) is 16.9. The molecule has 0 radical (unpaired) electrons. The standard InChI is InChI=1S/C39H42F2N4O5/c1-39(2,3)50-38(47)43-18-16-29(17-19-43)45-21-20-44(24-35(45)46)30-22-32(40)36(33(41)23-30)31-14-15-34(48-25-27-10-6-4-7-11-27)42-37(31)49-26-28-12-8-5-9-13-28/h4-15,22-23,29H,16-21,24-26H2,1-3H3. The smallest absolute Gasteiger partial charge is 0.410 e. The molecule has 2 fully saturated rings. The highest BCUT2D eigenvalue weighted by molar-refractivity contribution is 5.83. The number of carbonyl (C=O) groups is 2. The van der Waals surface area contributed by atoms with E-state index in [-0.39, 0.29) is 66.4 Å². The summed E-state index contributed by atoms with van der Waals surface area (Å²) >= 11 is 0. The van der Waals surface area contributed by atoms with Crippen LogP contribution in [-0.2, 0) is 22.7 Å². The van der Waals surface area contributed by atoms with Gasteiger partial charge in [0.1, 0.15) is 30.4 Å². The fourth-order valence-corrected chi connectivity index (χ4v) is 6.24. The van der Waals surface area contributed by atoms with Crippen LogP contribution < -0.4 is 14.4 Å². The van der Waals surface area contributed by atoms with Crippen LogP contribution in [0, 0.1) is 11.6 Å². The molecular weight excluding hydrogens is 642 g/mol. The lowest BCUT2D eigenvalue weighted by molar-refractivity contribution is -0.134. The van der Waals surface area contributed by atoms with Gasteiger partial charge in [0.2, 0.25) is 17.7 Å². The first-order chi connectivity index (χ1) is 24.0. The molecule has 262 valence electrons. The van der Waals surface area contributed by atoms with E-state index in [0.717, 1.165) is 11.1 Å². The molecule has 9 nitrogen and oxygen atoms in total. The van der Waals surface area contributed by atoms with E-state index in [1.165, 1.54) is 12.1 Å². The number of ether oxygens (including phenoxy) is 3. The van der Waals surface area contributed by atoms with E-state index in [4.69, 9.17) is 14.2 Å². The van der Waals surface area contributed by atoms with Crippen LogP contribution in [0.2, 0.25) is 0 Å². The van der Waals surface area contributed by atoms with Crippen molar-refractivity contribution in [3.63, 3.8) is 0 Å². The van der Waals surface area contributed by atoms with E-state index >= 15 is 8.78 Å². The maximum Gasteiger partial charge on any atom is 0.410 e. The molecule has 0 bridgehead atoms. The number of likely N-dealkylation sites (tertiary alicyclic amines) is 1. The van der Waals surface area contributed by atoms with Crippen LogP contribution in [0.25, 0.3) is 11.1 Å². The zero-order valence-corrected chi connectivity index (χ0v) is 28.6. The van der Waals surface area contributed by atoms with E-state index in [1.54, 1.807) is 21.9 Å². The average Bonchev–Trinajstić information content (AvgIpc) is 3.10. The quantitative estimate of drug-likeness (QED) is 0.184. The number of amides is 2. The van der Waals surface area contributed by atoms with Crippen molar-refractivity contribution in [1.29, 1.82) is 0 Å². The molecule has 3 heterocycles. The molecule has 0 spiro atoms. The number of hydrogen-bond acceptors (Lipinski definition) is 7. The Morgan fingerprint density at radius 3 is 2.00 bits per heavy atom. The van der Waals surface area contributed by atoms with Crippen LogP contribution >= 0.6 is 0 Å². The van der Waals surface area contributed by atoms with Crippen LogP contribution in [0.1, 0.15) is 44.7 Å². The van der Waals surface area contributed by atoms with Gasteiger partial charge >= 0.3 is 6.09 Å². The number of pyridine rings is 1. The molecule has 1 aromatic heterocycles. The van der Waals surface area contributed by atoms with Crippen molar-refractivity contribution in [1.82, 2.24) is 14.8 Å². The van der Waals surface area contributed by atoms with Gasteiger partial charge in [0.25, 0.3) is 0 Å². The highest BCUT2D eigenvalue weighted by atomic mass is 19.1. The minimum absolute atomic E-state index is 0.00898. The third kappa shape index (κ3) is 8.50. The van der Waals surface area contributed by atoms with Crippen LogP contribution in [0.4, 0.5) is 19.3 Å². The number of benzene rings is 3. The first kappa shape index (κ1) is 34.7. The van der Waals surface area contributed by atoms with Gasteiger partial charge in [-0.25, -0.2) is 13.6 Å². The predicted octanol–water partition coefficient (Wildman–Crippen LogP) is 7.23. The molecule has 0 saturated carbocycles. The largest absolute Gasteiger partial charge is 0.473 e. The zero-order chi connectivity index (χ0) is 35.3. The van der Waals surface area contributed by atoms with Crippen molar-refractivity contribution < 1.29 is 32.6 Å². The average molecular weight is 685 g/mol. The lowest BCUT2D eigenvalue weighted by Gasteiger charge is -2.43. The molecule has 2 aliphatic heterocycles. The topological polar surface area (TPSA) is 84.4 Å².